The van der Waals surface area contributed by atoms with Gasteiger partial charge in [0.15, 0.2) is 0 Å². The van der Waals surface area contributed by atoms with Crippen molar-refractivity contribution in [2.24, 2.45) is 0 Å². The Morgan fingerprint density at radius 3 is 2.89 bits per heavy atom. The highest BCUT2D eigenvalue weighted by molar-refractivity contribution is 7.93. The van der Waals surface area contributed by atoms with Gasteiger partial charge in [0.25, 0.3) is 10.0 Å². The molecule has 0 amide bonds. The van der Waals surface area contributed by atoms with Gasteiger partial charge in [0.2, 0.25) is 5.95 Å². The van der Waals surface area contributed by atoms with Gasteiger partial charge in [-0.05, 0) is 18.2 Å². The van der Waals surface area contributed by atoms with Gasteiger partial charge in [0.05, 0.1) is 11.3 Å². The maximum atomic E-state index is 11.9. The van der Waals surface area contributed by atoms with Crippen LogP contribution in [0, 0.1) is 0 Å². The monoisotopic (exact) mass is 266 g/mol. The quantitative estimate of drug-likeness (QED) is 0.755. The van der Waals surface area contributed by atoms with Gasteiger partial charge in [0, 0.05) is 0 Å². The zero-order valence-corrected chi connectivity index (χ0v) is 9.55. The van der Waals surface area contributed by atoms with Gasteiger partial charge in [-0.3, -0.25) is 0 Å². The van der Waals surface area contributed by atoms with E-state index >= 15 is 0 Å². The van der Waals surface area contributed by atoms with Gasteiger partial charge in [-0.2, -0.15) is 14.8 Å². The lowest BCUT2D eigenvalue weighted by Crippen LogP contribution is -2.24. The molecule has 0 atom stereocenters. The number of nitrogens with one attached hydrogen (secondary N) is 1. The Labute approximate surface area is 101 Å². The number of fused-ring (bicyclic) bond motifs is 3. The predicted molar refractivity (Wildman–Crippen MR) is 59.1 cm³/mol. The topological polar surface area (TPSA) is 114 Å². The first kappa shape index (κ1) is 10.7. The van der Waals surface area contributed by atoms with Crippen LogP contribution in [0.5, 0.6) is 0 Å². The molecule has 1 aliphatic rings. The first-order valence-corrected chi connectivity index (χ1v) is 6.28. The minimum atomic E-state index is -3.82. The van der Waals surface area contributed by atoms with Crippen molar-refractivity contribution in [3.63, 3.8) is 0 Å². The molecule has 0 fully saturated rings. The zero-order chi connectivity index (χ0) is 12.9. The molecule has 2 heterocycles. The Morgan fingerprint density at radius 2 is 2.17 bits per heavy atom. The summed E-state index contributed by atoms with van der Waals surface area (Å²) in [4.78, 5) is 14.5. The first-order valence-electron chi connectivity index (χ1n) is 4.79. The summed E-state index contributed by atoms with van der Waals surface area (Å²) in [7, 11) is -3.82. The molecule has 8 nitrogen and oxygen atoms in total. The summed E-state index contributed by atoms with van der Waals surface area (Å²) in [5.41, 5.74) is 0.161. The second kappa shape index (κ2) is 3.29. The Bertz CT molecular complexity index is 765. The van der Waals surface area contributed by atoms with Crippen molar-refractivity contribution in [2.45, 2.75) is 4.90 Å². The number of carboxylic acid groups (broad SMARTS) is 1. The largest absolute Gasteiger partial charge is 0.478 e. The lowest BCUT2D eigenvalue weighted by atomic mass is 10.2. The third-order valence-electron chi connectivity index (χ3n) is 2.50. The molecular formula is C9H6N4O4S. The van der Waals surface area contributed by atoms with Crippen LogP contribution in [0.4, 0.5) is 5.95 Å². The van der Waals surface area contributed by atoms with E-state index < -0.39 is 16.0 Å². The molecule has 1 aliphatic heterocycles. The molecule has 0 saturated heterocycles. The molecule has 9 heteroatoms. The van der Waals surface area contributed by atoms with E-state index in [2.05, 4.69) is 14.8 Å². The van der Waals surface area contributed by atoms with Gasteiger partial charge in [-0.1, -0.05) is 0 Å². The maximum absolute atomic E-state index is 11.9. The minimum Gasteiger partial charge on any atom is -0.478 e. The average molecular weight is 266 g/mol. The van der Waals surface area contributed by atoms with Crippen LogP contribution in [0.2, 0.25) is 0 Å². The van der Waals surface area contributed by atoms with E-state index in [1.165, 1.54) is 23.1 Å². The molecule has 0 unspecified atom stereocenters. The molecule has 0 aliphatic carbocycles. The van der Waals surface area contributed by atoms with E-state index in [4.69, 9.17) is 5.11 Å². The zero-order valence-electron chi connectivity index (χ0n) is 8.73. The van der Waals surface area contributed by atoms with Gasteiger partial charge in [-0.15, -0.1) is 0 Å². The number of nitrogens with zero attached hydrogens (tertiary/aromatic N) is 3. The van der Waals surface area contributed by atoms with Crippen LogP contribution < -0.4 is 4.72 Å². The van der Waals surface area contributed by atoms with Crippen LogP contribution in [-0.2, 0) is 10.0 Å². The highest BCUT2D eigenvalue weighted by Gasteiger charge is 2.29. The summed E-state index contributed by atoms with van der Waals surface area (Å²) in [5.74, 6) is -1.12. The van der Waals surface area contributed by atoms with Crippen molar-refractivity contribution in [3.8, 4) is 5.69 Å². The average Bonchev–Trinajstić information content (AvgIpc) is 2.75. The molecule has 0 spiro atoms. The molecule has 1 aromatic carbocycles. The Morgan fingerprint density at radius 1 is 1.39 bits per heavy atom. The number of aromatic carboxylic acids is 1. The molecule has 92 valence electrons. The fourth-order valence-corrected chi connectivity index (χ4v) is 2.90. The third-order valence-corrected chi connectivity index (χ3v) is 3.86. The van der Waals surface area contributed by atoms with Crippen LogP contribution >= 0.6 is 0 Å². The molecule has 0 radical (unpaired) electrons. The number of anilines is 1. The Hall–Kier alpha value is -2.42. The first-order chi connectivity index (χ1) is 8.49. The number of carboxylic acids is 1. The normalized spacial score (nSPS) is 15.3. The number of rotatable bonds is 1. The summed E-state index contributed by atoms with van der Waals surface area (Å²) in [6, 6.07) is 3.79. The highest BCUT2D eigenvalue weighted by atomic mass is 32.2. The number of benzene rings is 1. The van der Waals surface area contributed by atoms with Crippen molar-refractivity contribution in [1.29, 1.82) is 0 Å². The van der Waals surface area contributed by atoms with E-state index in [1.807, 2.05) is 0 Å². The van der Waals surface area contributed by atoms with Crippen LogP contribution in [-0.4, -0.2) is 34.3 Å². The van der Waals surface area contributed by atoms with E-state index in [0.717, 1.165) is 6.07 Å². The van der Waals surface area contributed by atoms with Crippen molar-refractivity contribution >= 4 is 21.9 Å². The molecule has 0 bridgehead atoms. The van der Waals surface area contributed by atoms with E-state index in [0.29, 0.717) is 0 Å². The standard InChI is InChI=1S/C9H6N4O4S/c14-8(15)5-1-2-6-7(3-5)18(16,17)12-9-10-4-11-13(6)9/h1-4H,(H,14,15)(H,10,11,12). The third kappa shape index (κ3) is 1.37. The van der Waals surface area contributed by atoms with E-state index in [9.17, 15) is 13.2 Å². The molecule has 2 aromatic rings. The summed E-state index contributed by atoms with van der Waals surface area (Å²) in [6.45, 7) is 0. The fourth-order valence-electron chi connectivity index (χ4n) is 1.70. The fraction of sp³-hybridized carbons (Fsp3) is 0. The van der Waals surface area contributed by atoms with Gasteiger partial charge >= 0.3 is 5.97 Å². The Kier molecular flexibility index (Phi) is 1.96. The molecule has 3 rings (SSSR count). The minimum absolute atomic E-state index is 0.0746. The van der Waals surface area contributed by atoms with E-state index in [-0.39, 0.29) is 22.1 Å². The summed E-state index contributed by atoms with van der Waals surface area (Å²) in [6.07, 6.45) is 1.21. The van der Waals surface area contributed by atoms with Gasteiger partial charge in [-0.25, -0.2) is 17.9 Å². The number of sulfonamides is 1. The number of aromatic nitrogens is 3. The maximum Gasteiger partial charge on any atom is 0.335 e. The summed E-state index contributed by atoms with van der Waals surface area (Å²) >= 11 is 0. The van der Waals surface area contributed by atoms with Crippen LogP contribution in [0.25, 0.3) is 5.69 Å². The molecular weight excluding hydrogens is 260 g/mol. The molecule has 0 saturated carbocycles. The van der Waals surface area contributed by atoms with Crippen molar-refractivity contribution in [3.05, 3.63) is 30.1 Å². The van der Waals surface area contributed by atoms with Crippen molar-refractivity contribution in [1.82, 2.24) is 14.8 Å². The smallest absolute Gasteiger partial charge is 0.335 e. The summed E-state index contributed by atoms with van der Waals surface area (Å²) < 4.78 is 27.3. The van der Waals surface area contributed by atoms with Gasteiger partial charge < -0.3 is 5.11 Å². The molecule has 1 aromatic heterocycles. The molecule has 18 heavy (non-hydrogen) atoms. The number of hydrogen-bond acceptors (Lipinski definition) is 5. The highest BCUT2D eigenvalue weighted by Crippen LogP contribution is 2.29. The van der Waals surface area contributed by atoms with Crippen LogP contribution in [0.1, 0.15) is 10.4 Å². The lowest BCUT2D eigenvalue weighted by molar-refractivity contribution is 0.0696. The number of hydrogen-bond donors (Lipinski definition) is 2. The van der Waals surface area contributed by atoms with Gasteiger partial charge in [0.1, 0.15) is 11.2 Å². The lowest BCUT2D eigenvalue weighted by Gasteiger charge is -2.18. The second-order valence-corrected chi connectivity index (χ2v) is 5.24. The SMILES string of the molecule is O=C(O)c1ccc2c(c1)S(=O)(=O)Nc1ncnn1-2. The number of carbonyl (C=O) groups is 1. The van der Waals surface area contributed by atoms with Crippen LogP contribution in [0.3, 0.4) is 0 Å². The molecule has 2 N–H and O–H groups in total. The van der Waals surface area contributed by atoms with Crippen molar-refractivity contribution < 1.29 is 18.3 Å². The van der Waals surface area contributed by atoms with Crippen LogP contribution in [0.15, 0.2) is 29.4 Å². The van der Waals surface area contributed by atoms with Crippen molar-refractivity contribution in [2.75, 3.05) is 4.72 Å². The summed E-state index contributed by atoms with van der Waals surface area (Å²) in [5, 5.41) is 12.7. The van der Waals surface area contributed by atoms with E-state index in [1.54, 1.807) is 0 Å². The predicted octanol–water partition coefficient (Wildman–Crippen LogP) is 0.0797. The Balaban J connectivity index is 2.35. The second-order valence-electron chi connectivity index (χ2n) is 3.59.